The first-order chi connectivity index (χ1) is 12.0. The highest BCUT2D eigenvalue weighted by Crippen LogP contribution is 2.24. The number of nitrogens with one attached hydrogen (secondary N) is 1. The summed E-state index contributed by atoms with van der Waals surface area (Å²) < 4.78 is 0. The second-order valence-electron chi connectivity index (χ2n) is 5.85. The lowest BCUT2D eigenvalue weighted by molar-refractivity contribution is -0.120. The van der Waals surface area contributed by atoms with E-state index >= 15 is 0 Å². The highest BCUT2D eigenvalue weighted by atomic mass is 32.2. The van der Waals surface area contributed by atoms with Crippen molar-refractivity contribution in [2.24, 2.45) is 0 Å². The van der Waals surface area contributed by atoms with Gasteiger partial charge in [0.25, 0.3) is 0 Å². The number of carbonyl (C=O) groups is 1. The minimum absolute atomic E-state index is 0.00667. The lowest BCUT2D eigenvalue weighted by Crippen LogP contribution is -2.23. The molecule has 0 unspecified atom stereocenters. The molecule has 0 bridgehead atoms. The van der Waals surface area contributed by atoms with Gasteiger partial charge >= 0.3 is 0 Å². The number of fused-ring (bicyclic) bond motifs is 1. The Hall–Kier alpha value is -2.12. The Morgan fingerprint density at radius 2 is 2.12 bits per heavy atom. The van der Waals surface area contributed by atoms with E-state index in [4.69, 9.17) is 5.73 Å². The molecule has 0 spiro atoms. The largest absolute Gasteiger partial charge is 0.375 e. The van der Waals surface area contributed by atoms with E-state index in [0.29, 0.717) is 23.8 Å². The number of amides is 1. The molecule has 0 saturated heterocycles. The Kier molecular flexibility index (Phi) is 5.55. The molecule has 0 fully saturated rings. The average Bonchev–Trinajstić information content (AvgIpc) is 2.99. The van der Waals surface area contributed by atoms with Gasteiger partial charge in [0.2, 0.25) is 5.91 Å². The highest BCUT2D eigenvalue weighted by Gasteiger charge is 2.07. The van der Waals surface area contributed by atoms with E-state index in [2.05, 4.69) is 47.3 Å². The second-order valence-corrected chi connectivity index (χ2v) is 7.86. The Balaban J connectivity index is 1.52. The number of pyridine rings is 1. The van der Waals surface area contributed by atoms with E-state index in [1.807, 2.05) is 11.4 Å². The molecule has 1 amide bonds. The molecule has 3 rings (SSSR count). The fourth-order valence-corrected chi connectivity index (χ4v) is 3.96. The van der Waals surface area contributed by atoms with Crippen LogP contribution in [0, 0.1) is 13.8 Å². The van der Waals surface area contributed by atoms with Gasteiger partial charge < -0.3 is 11.1 Å². The van der Waals surface area contributed by atoms with Crippen molar-refractivity contribution in [3.63, 3.8) is 0 Å². The van der Waals surface area contributed by atoms with Crippen molar-refractivity contribution in [2.45, 2.75) is 31.8 Å². The third kappa shape index (κ3) is 4.70. The smallest absolute Gasteiger partial charge is 0.221 e. The predicted octanol–water partition coefficient (Wildman–Crippen LogP) is 3.69. The Bertz CT molecular complexity index is 907. The lowest BCUT2D eigenvalue weighted by atomic mass is 10.1. The van der Waals surface area contributed by atoms with Crippen molar-refractivity contribution in [3.05, 3.63) is 46.5 Å². The van der Waals surface area contributed by atoms with Gasteiger partial charge in [0.05, 0.1) is 22.8 Å². The number of benzene rings is 1. The zero-order valence-corrected chi connectivity index (χ0v) is 15.8. The number of aromatic nitrogens is 2. The van der Waals surface area contributed by atoms with E-state index in [1.165, 1.54) is 27.8 Å². The van der Waals surface area contributed by atoms with Gasteiger partial charge in [-0.3, -0.25) is 4.79 Å². The summed E-state index contributed by atoms with van der Waals surface area (Å²) in [6.07, 6.45) is 0.441. The third-order valence-corrected chi connectivity index (χ3v) is 5.40. The number of anilines is 1. The molecule has 0 aliphatic rings. The zero-order chi connectivity index (χ0) is 17.8. The van der Waals surface area contributed by atoms with Crippen molar-refractivity contribution in [3.8, 4) is 0 Å². The van der Waals surface area contributed by atoms with Crippen LogP contribution in [0.4, 0.5) is 5.13 Å². The SMILES string of the molecule is Cc1ccc2nc(SCCC(=O)NCc3csc(N)n3)cc(C)c2c1. The first kappa shape index (κ1) is 17.7. The molecule has 3 N–H and O–H groups in total. The van der Waals surface area contributed by atoms with Crippen LogP contribution in [0.2, 0.25) is 0 Å². The van der Waals surface area contributed by atoms with Crippen molar-refractivity contribution in [1.29, 1.82) is 0 Å². The summed E-state index contributed by atoms with van der Waals surface area (Å²) in [5.74, 6) is 0.696. The Morgan fingerprint density at radius 1 is 1.28 bits per heavy atom. The molecule has 0 aliphatic carbocycles. The van der Waals surface area contributed by atoms with Gasteiger partial charge in [-0.1, -0.05) is 11.6 Å². The van der Waals surface area contributed by atoms with E-state index in [-0.39, 0.29) is 5.91 Å². The second kappa shape index (κ2) is 7.84. The molecular weight excluding hydrogens is 352 g/mol. The number of nitrogens with two attached hydrogens (primary N) is 1. The van der Waals surface area contributed by atoms with Crippen molar-refractivity contribution >= 4 is 45.0 Å². The van der Waals surface area contributed by atoms with Crippen LogP contribution in [0.15, 0.2) is 34.7 Å². The summed E-state index contributed by atoms with van der Waals surface area (Å²) in [6.45, 7) is 4.60. The van der Waals surface area contributed by atoms with Gasteiger partial charge in [-0.15, -0.1) is 23.1 Å². The monoisotopic (exact) mass is 372 g/mol. The number of thiazole rings is 1. The van der Waals surface area contributed by atoms with Crippen molar-refractivity contribution in [2.75, 3.05) is 11.5 Å². The zero-order valence-electron chi connectivity index (χ0n) is 14.2. The first-order valence-corrected chi connectivity index (χ1v) is 9.85. The van der Waals surface area contributed by atoms with E-state index in [0.717, 1.165) is 16.2 Å². The van der Waals surface area contributed by atoms with Crippen LogP contribution in [0.25, 0.3) is 10.9 Å². The van der Waals surface area contributed by atoms with Crippen LogP contribution in [-0.4, -0.2) is 21.6 Å². The number of nitrogens with zero attached hydrogens (tertiary/aromatic N) is 2. The summed E-state index contributed by atoms with van der Waals surface area (Å²) in [7, 11) is 0. The summed E-state index contributed by atoms with van der Waals surface area (Å²) in [4.78, 5) is 20.7. The topological polar surface area (TPSA) is 80.9 Å². The summed E-state index contributed by atoms with van der Waals surface area (Å²) >= 11 is 2.98. The standard InChI is InChI=1S/C18H20N4OS2/c1-11-3-4-15-14(7-11)12(2)8-17(22-15)24-6-5-16(23)20-9-13-10-25-18(19)21-13/h3-4,7-8,10H,5-6,9H2,1-2H3,(H2,19,21)(H,20,23). The number of carbonyl (C=O) groups excluding carboxylic acids is 1. The van der Waals surface area contributed by atoms with Crippen LogP contribution in [0.5, 0.6) is 0 Å². The number of nitrogen functional groups attached to an aromatic ring is 1. The van der Waals surface area contributed by atoms with Gasteiger partial charge in [0.1, 0.15) is 0 Å². The molecule has 3 aromatic rings. The molecule has 0 saturated carbocycles. The molecular formula is C18H20N4OS2. The molecule has 2 aromatic heterocycles. The Morgan fingerprint density at radius 3 is 2.88 bits per heavy atom. The Labute approximate surface area is 155 Å². The molecule has 0 aliphatic heterocycles. The van der Waals surface area contributed by atoms with E-state index in [1.54, 1.807) is 11.8 Å². The molecule has 130 valence electrons. The fourth-order valence-electron chi connectivity index (χ4n) is 2.48. The maximum atomic E-state index is 11.9. The molecule has 0 atom stereocenters. The summed E-state index contributed by atoms with van der Waals surface area (Å²) in [5.41, 5.74) is 9.81. The average molecular weight is 373 g/mol. The molecule has 5 nitrogen and oxygen atoms in total. The van der Waals surface area contributed by atoms with Crippen molar-refractivity contribution < 1.29 is 4.79 Å². The highest BCUT2D eigenvalue weighted by molar-refractivity contribution is 7.99. The summed E-state index contributed by atoms with van der Waals surface area (Å²) in [5, 5.41) is 7.38. The molecule has 7 heteroatoms. The predicted molar refractivity (Wildman–Crippen MR) is 105 cm³/mol. The minimum Gasteiger partial charge on any atom is -0.375 e. The summed E-state index contributed by atoms with van der Waals surface area (Å²) in [6, 6.07) is 8.36. The minimum atomic E-state index is 0.00667. The van der Waals surface area contributed by atoms with Gasteiger partial charge in [-0.25, -0.2) is 9.97 Å². The molecule has 25 heavy (non-hydrogen) atoms. The number of aryl methyl sites for hydroxylation is 2. The maximum absolute atomic E-state index is 11.9. The maximum Gasteiger partial charge on any atom is 0.221 e. The van der Waals surface area contributed by atoms with Gasteiger partial charge in [-0.2, -0.15) is 0 Å². The number of hydrogen-bond acceptors (Lipinski definition) is 6. The fraction of sp³-hybridized carbons (Fsp3) is 0.278. The molecule has 2 heterocycles. The van der Waals surface area contributed by atoms with Crippen LogP contribution in [0.1, 0.15) is 23.2 Å². The van der Waals surface area contributed by atoms with Crippen molar-refractivity contribution in [1.82, 2.24) is 15.3 Å². The van der Waals surface area contributed by atoms with Crippen LogP contribution >= 0.6 is 23.1 Å². The first-order valence-electron chi connectivity index (χ1n) is 7.98. The molecule has 1 aromatic carbocycles. The molecule has 0 radical (unpaired) electrons. The van der Waals surface area contributed by atoms with Crippen LogP contribution in [-0.2, 0) is 11.3 Å². The lowest BCUT2D eigenvalue weighted by Gasteiger charge is -2.07. The van der Waals surface area contributed by atoms with Gasteiger partial charge in [0, 0.05) is 22.9 Å². The quantitative estimate of drug-likeness (QED) is 0.645. The normalized spacial score (nSPS) is 11.0. The van der Waals surface area contributed by atoms with Crippen LogP contribution in [0.3, 0.4) is 0 Å². The van der Waals surface area contributed by atoms with E-state index in [9.17, 15) is 4.79 Å². The number of thioether (sulfide) groups is 1. The van der Waals surface area contributed by atoms with Crippen LogP contribution < -0.4 is 11.1 Å². The number of hydrogen-bond donors (Lipinski definition) is 2. The van der Waals surface area contributed by atoms with Gasteiger partial charge in [-0.05, 0) is 37.6 Å². The third-order valence-electron chi connectivity index (χ3n) is 3.76. The number of rotatable bonds is 6. The van der Waals surface area contributed by atoms with Gasteiger partial charge in [0.15, 0.2) is 5.13 Å². The van der Waals surface area contributed by atoms with E-state index < -0.39 is 0 Å².